The van der Waals surface area contributed by atoms with Crippen molar-refractivity contribution in [1.29, 1.82) is 0 Å². The van der Waals surface area contributed by atoms with Crippen LogP contribution in [0.25, 0.3) is 0 Å². The van der Waals surface area contributed by atoms with Crippen LogP contribution in [-0.4, -0.2) is 25.2 Å². The topological polar surface area (TPSA) is 35.6 Å². The molecule has 4 nitrogen and oxygen atoms in total. The second-order valence-electron chi connectivity index (χ2n) is 4.67. The molecule has 0 aromatic carbocycles. The van der Waals surface area contributed by atoms with Crippen molar-refractivity contribution in [2.45, 2.75) is 13.6 Å². The number of aromatic nitrogens is 4. The minimum atomic E-state index is -0.875. The lowest BCUT2D eigenvalue weighted by Gasteiger charge is -2.30. The van der Waals surface area contributed by atoms with Crippen LogP contribution < -0.4 is 11.4 Å². The monoisotopic (exact) mass is 203 g/mol. The van der Waals surface area contributed by atoms with Crippen molar-refractivity contribution in [2.75, 3.05) is 0 Å². The molecule has 2 aromatic rings. The molecule has 0 fully saturated rings. The van der Waals surface area contributed by atoms with Crippen LogP contribution in [0.4, 0.5) is 0 Å². The van der Waals surface area contributed by atoms with Gasteiger partial charge in [0.1, 0.15) is 6.15 Å². The molecule has 5 heteroatoms. The fraction of sp³-hybridized carbons (Fsp3) is 0.400. The Morgan fingerprint density at radius 3 is 1.60 bits per heavy atom. The number of hydrogen-bond donors (Lipinski definition) is 0. The number of hydrogen-bond acceptors (Lipinski definition) is 2. The first-order valence-electron chi connectivity index (χ1n) is 5.22. The van der Waals surface area contributed by atoms with Crippen molar-refractivity contribution in [3.05, 3.63) is 24.8 Å². The SMILES string of the molecule is Cn1ccnc1[B-](C)(C)c1nccn1C. The summed E-state index contributed by atoms with van der Waals surface area (Å²) in [4.78, 5) is 8.84. The normalized spacial score (nSPS) is 12.0. The first kappa shape index (κ1) is 10.0. The average Bonchev–Trinajstić information content (AvgIpc) is 2.73. The van der Waals surface area contributed by atoms with Gasteiger partial charge in [0.05, 0.1) is 0 Å². The van der Waals surface area contributed by atoms with E-state index in [0.29, 0.717) is 0 Å². The van der Waals surface area contributed by atoms with Gasteiger partial charge in [-0.2, -0.15) is 13.6 Å². The molecule has 0 atom stereocenters. The van der Waals surface area contributed by atoms with Gasteiger partial charge < -0.3 is 9.13 Å². The van der Waals surface area contributed by atoms with Gasteiger partial charge in [-0.05, 0) is 0 Å². The van der Waals surface area contributed by atoms with Crippen molar-refractivity contribution in [3.63, 3.8) is 0 Å². The third-order valence-corrected chi connectivity index (χ3v) is 3.01. The summed E-state index contributed by atoms with van der Waals surface area (Å²) in [5.41, 5.74) is 2.17. The number of rotatable bonds is 2. The molecule has 0 radical (unpaired) electrons. The van der Waals surface area contributed by atoms with Gasteiger partial charge in [0.25, 0.3) is 0 Å². The second kappa shape index (κ2) is 3.26. The number of imidazole rings is 2. The molecule has 0 saturated heterocycles. The summed E-state index contributed by atoms with van der Waals surface area (Å²) >= 11 is 0. The summed E-state index contributed by atoms with van der Waals surface area (Å²) in [5, 5.41) is 0. The van der Waals surface area contributed by atoms with Gasteiger partial charge in [-0.15, -0.1) is 0 Å². The van der Waals surface area contributed by atoms with Gasteiger partial charge in [0, 0.05) is 38.9 Å². The molecule has 0 aliphatic heterocycles. The Bertz CT molecular complexity index is 427. The molecule has 0 aliphatic rings. The van der Waals surface area contributed by atoms with Crippen molar-refractivity contribution in [1.82, 2.24) is 19.1 Å². The zero-order valence-electron chi connectivity index (χ0n) is 9.68. The molecule has 0 saturated carbocycles. The van der Waals surface area contributed by atoms with Crippen molar-refractivity contribution < 1.29 is 0 Å². The Labute approximate surface area is 89.9 Å². The Kier molecular flexibility index (Phi) is 2.18. The summed E-state index contributed by atoms with van der Waals surface area (Å²) in [6.07, 6.45) is 6.74. The minimum Gasteiger partial charge on any atom is -0.374 e. The number of aryl methyl sites for hydroxylation is 2. The Morgan fingerprint density at radius 2 is 1.33 bits per heavy atom. The predicted molar refractivity (Wildman–Crippen MR) is 63.2 cm³/mol. The highest BCUT2D eigenvalue weighted by molar-refractivity contribution is 6.98. The van der Waals surface area contributed by atoms with Crippen molar-refractivity contribution in [2.24, 2.45) is 14.1 Å². The van der Waals surface area contributed by atoms with Crippen LogP contribution in [0.1, 0.15) is 0 Å². The molecular weight excluding hydrogens is 187 g/mol. The summed E-state index contributed by atoms with van der Waals surface area (Å²) in [6, 6.07) is 0. The van der Waals surface area contributed by atoms with Crippen molar-refractivity contribution in [3.8, 4) is 0 Å². The molecule has 2 heterocycles. The van der Waals surface area contributed by atoms with E-state index < -0.39 is 6.15 Å². The maximum Gasteiger partial charge on any atom is 0.132 e. The maximum atomic E-state index is 4.42. The molecule has 0 N–H and O–H groups in total. The number of nitrogens with zero attached hydrogens (tertiary/aromatic N) is 4. The highest BCUT2D eigenvalue weighted by Crippen LogP contribution is 2.01. The van der Waals surface area contributed by atoms with Crippen molar-refractivity contribution >= 4 is 17.6 Å². The van der Waals surface area contributed by atoms with Gasteiger partial charge in [0.15, 0.2) is 0 Å². The third kappa shape index (κ3) is 1.48. The van der Waals surface area contributed by atoms with E-state index in [2.05, 4.69) is 32.7 Å². The van der Waals surface area contributed by atoms with Gasteiger partial charge in [-0.1, -0.05) is 11.4 Å². The molecular formula is C10H16BN4-. The molecule has 0 aliphatic carbocycles. The Hall–Kier alpha value is -1.52. The highest BCUT2D eigenvalue weighted by Gasteiger charge is 2.24. The molecule has 0 spiro atoms. The Morgan fingerprint density at radius 1 is 0.933 bits per heavy atom. The van der Waals surface area contributed by atoms with Crippen LogP contribution in [0, 0.1) is 0 Å². The van der Waals surface area contributed by atoms with Gasteiger partial charge in [-0.25, -0.2) is 0 Å². The lowest BCUT2D eigenvalue weighted by molar-refractivity contribution is 0.927. The van der Waals surface area contributed by atoms with E-state index in [-0.39, 0.29) is 0 Å². The van der Waals surface area contributed by atoms with E-state index in [9.17, 15) is 0 Å². The van der Waals surface area contributed by atoms with Gasteiger partial charge in [0.2, 0.25) is 0 Å². The molecule has 0 unspecified atom stereocenters. The molecule has 15 heavy (non-hydrogen) atoms. The molecule has 80 valence electrons. The van der Waals surface area contributed by atoms with E-state index in [1.165, 1.54) is 0 Å². The van der Waals surface area contributed by atoms with Gasteiger partial charge in [-0.3, -0.25) is 9.97 Å². The summed E-state index contributed by atoms with van der Waals surface area (Å²) < 4.78 is 4.13. The first-order valence-corrected chi connectivity index (χ1v) is 5.22. The minimum absolute atomic E-state index is 0.875. The van der Waals surface area contributed by atoms with E-state index in [0.717, 1.165) is 11.4 Å². The fourth-order valence-electron chi connectivity index (χ4n) is 2.26. The molecule has 0 amide bonds. The third-order valence-electron chi connectivity index (χ3n) is 3.01. The largest absolute Gasteiger partial charge is 0.374 e. The van der Waals surface area contributed by atoms with Crippen LogP contribution in [0.5, 0.6) is 0 Å². The maximum absolute atomic E-state index is 4.42. The van der Waals surface area contributed by atoms with Crippen LogP contribution in [0.2, 0.25) is 13.6 Å². The average molecular weight is 203 g/mol. The van der Waals surface area contributed by atoms with Crippen LogP contribution in [0.15, 0.2) is 24.8 Å². The van der Waals surface area contributed by atoms with Crippen LogP contribution >= 0.6 is 0 Å². The lowest BCUT2D eigenvalue weighted by atomic mass is 9.27. The van der Waals surface area contributed by atoms with E-state index in [1.807, 2.05) is 38.9 Å². The smallest absolute Gasteiger partial charge is 0.132 e. The first-order chi connectivity index (χ1) is 7.03. The lowest BCUT2D eigenvalue weighted by Crippen LogP contribution is -2.59. The van der Waals surface area contributed by atoms with E-state index >= 15 is 0 Å². The van der Waals surface area contributed by atoms with E-state index in [1.54, 1.807) is 0 Å². The van der Waals surface area contributed by atoms with Crippen LogP contribution in [0.3, 0.4) is 0 Å². The quantitative estimate of drug-likeness (QED) is 0.643. The Balaban J connectivity index is 2.53. The summed E-state index contributed by atoms with van der Waals surface area (Å²) in [6.45, 7) is 4.40. The fourth-order valence-corrected chi connectivity index (χ4v) is 2.26. The molecule has 0 bridgehead atoms. The van der Waals surface area contributed by atoms with Crippen LogP contribution in [-0.2, 0) is 14.1 Å². The standard InChI is InChI=1S/C10H16BN4/c1-11(2,9-12-5-7-14(9)3)10-13-6-8-15(10)4/h5-8H,1-4H3/q-1. The molecule has 2 aromatic heterocycles. The zero-order valence-corrected chi connectivity index (χ0v) is 9.68. The predicted octanol–water partition coefficient (Wildman–Crippen LogP) is -0.0238. The molecule has 2 rings (SSSR count). The summed E-state index contributed by atoms with van der Waals surface area (Å²) in [5.74, 6) is 0. The highest BCUT2D eigenvalue weighted by atomic mass is 15.1. The second-order valence-corrected chi connectivity index (χ2v) is 4.67. The van der Waals surface area contributed by atoms with E-state index in [4.69, 9.17) is 0 Å². The van der Waals surface area contributed by atoms with Gasteiger partial charge >= 0.3 is 0 Å². The zero-order chi connectivity index (χ0) is 11.1. The summed E-state index contributed by atoms with van der Waals surface area (Å²) in [7, 11) is 4.05.